The molecule has 0 aromatic heterocycles. The maximum absolute atomic E-state index is 11.8. The van der Waals surface area contributed by atoms with E-state index in [9.17, 15) is 9.00 Å². The van der Waals surface area contributed by atoms with E-state index in [1.165, 1.54) is 0 Å². The summed E-state index contributed by atoms with van der Waals surface area (Å²) < 4.78 is 11.1. The molecule has 1 saturated carbocycles. The normalized spacial score (nSPS) is 33.4. The van der Waals surface area contributed by atoms with E-state index < -0.39 is 10.8 Å². The molecule has 1 aliphatic carbocycles. The summed E-state index contributed by atoms with van der Waals surface area (Å²) in [6.07, 6.45) is 3.54. The molecular weight excluding hydrogens is 212 g/mol. The fourth-order valence-corrected chi connectivity index (χ4v) is 3.25. The van der Waals surface area contributed by atoms with Gasteiger partial charge < -0.3 is 11.1 Å². The highest BCUT2D eigenvalue weighted by Crippen LogP contribution is 2.44. The van der Waals surface area contributed by atoms with Crippen molar-refractivity contribution >= 4 is 16.7 Å². The standard InChI is InChI=1S/C10H18N2O2S/c11-7-10(3-4-10)9(13)12-8-1-5-15(14)6-2-8/h8H,1-7,11H2,(H,12,13). The van der Waals surface area contributed by atoms with Gasteiger partial charge in [-0.25, -0.2) is 0 Å². The van der Waals surface area contributed by atoms with Gasteiger partial charge in [-0.3, -0.25) is 9.00 Å². The summed E-state index contributed by atoms with van der Waals surface area (Å²) >= 11 is 0. The molecule has 0 aromatic carbocycles. The number of hydrogen-bond acceptors (Lipinski definition) is 3. The van der Waals surface area contributed by atoms with Gasteiger partial charge in [-0.05, 0) is 25.7 Å². The Morgan fingerprint density at radius 3 is 2.47 bits per heavy atom. The Labute approximate surface area is 92.4 Å². The van der Waals surface area contributed by atoms with E-state index in [0.717, 1.165) is 37.2 Å². The highest BCUT2D eigenvalue weighted by atomic mass is 32.2. The summed E-state index contributed by atoms with van der Waals surface area (Å²) in [5.41, 5.74) is 5.33. The van der Waals surface area contributed by atoms with Crippen LogP contribution < -0.4 is 11.1 Å². The highest BCUT2D eigenvalue weighted by Gasteiger charge is 2.48. The Morgan fingerprint density at radius 1 is 1.40 bits per heavy atom. The summed E-state index contributed by atoms with van der Waals surface area (Å²) in [5, 5.41) is 3.04. The van der Waals surface area contributed by atoms with Gasteiger partial charge >= 0.3 is 0 Å². The molecule has 0 radical (unpaired) electrons. The molecule has 86 valence electrons. The summed E-state index contributed by atoms with van der Waals surface area (Å²) in [6, 6.07) is 0.222. The first-order valence-corrected chi connectivity index (χ1v) is 7.01. The van der Waals surface area contributed by atoms with Crippen molar-refractivity contribution in [1.82, 2.24) is 5.32 Å². The molecular formula is C10H18N2O2S. The van der Waals surface area contributed by atoms with Crippen LogP contribution in [0.5, 0.6) is 0 Å². The molecule has 2 fully saturated rings. The molecule has 4 nitrogen and oxygen atoms in total. The Balaban J connectivity index is 1.82. The molecule has 2 rings (SSSR count). The van der Waals surface area contributed by atoms with Crippen molar-refractivity contribution in [2.45, 2.75) is 31.7 Å². The second-order valence-electron chi connectivity index (χ2n) is 4.58. The van der Waals surface area contributed by atoms with Crippen LogP contribution in [0.3, 0.4) is 0 Å². The van der Waals surface area contributed by atoms with Crippen molar-refractivity contribution in [3.63, 3.8) is 0 Å². The Morgan fingerprint density at radius 2 is 2.00 bits per heavy atom. The quantitative estimate of drug-likeness (QED) is 0.702. The number of amides is 1. The largest absolute Gasteiger partial charge is 0.353 e. The van der Waals surface area contributed by atoms with Crippen molar-refractivity contribution < 1.29 is 9.00 Å². The maximum atomic E-state index is 11.8. The van der Waals surface area contributed by atoms with Crippen LogP contribution in [0.4, 0.5) is 0 Å². The Bertz CT molecular complexity index is 279. The number of carbonyl (C=O) groups is 1. The monoisotopic (exact) mass is 230 g/mol. The van der Waals surface area contributed by atoms with Gasteiger partial charge in [0.2, 0.25) is 5.91 Å². The predicted molar refractivity (Wildman–Crippen MR) is 59.8 cm³/mol. The zero-order chi connectivity index (χ0) is 10.9. The lowest BCUT2D eigenvalue weighted by Crippen LogP contribution is -2.45. The fourth-order valence-electron chi connectivity index (χ4n) is 1.95. The smallest absolute Gasteiger partial charge is 0.227 e. The van der Waals surface area contributed by atoms with Crippen LogP contribution in [-0.4, -0.2) is 34.2 Å². The van der Waals surface area contributed by atoms with Crippen LogP contribution in [0.15, 0.2) is 0 Å². The molecule has 0 unspecified atom stereocenters. The third-order valence-electron chi connectivity index (χ3n) is 3.45. The molecule has 0 spiro atoms. The van der Waals surface area contributed by atoms with E-state index >= 15 is 0 Å². The van der Waals surface area contributed by atoms with Crippen molar-refractivity contribution in [2.24, 2.45) is 11.1 Å². The molecule has 2 aliphatic rings. The van der Waals surface area contributed by atoms with Gasteiger partial charge in [-0.2, -0.15) is 0 Å². The zero-order valence-electron chi connectivity index (χ0n) is 8.83. The minimum atomic E-state index is -0.659. The Hall–Kier alpha value is -0.420. The van der Waals surface area contributed by atoms with Crippen LogP contribution in [0, 0.1) is 5.41 Å². The van der Waals surface area contributed by atoms with Gasteiger partial charge in [0.15, 0.2) is 0 Å². The van der Waals surface area contributed by atoms with Crippen LogP contribution >= 0.6 is 0 Å². The number of nitrogens with one attached hydrogen (secondary N) is 1. The van der Waals surface area contributed by atoms with Crippen molar-refractivity contribution in [3.05, 3.63) is 0 Å². The average molecular weight is 230 g/mol. The molecule has 5 heteroatoms. The van der Waals surface area contributed by atoms with E-state index in [-0.39, 0.29) is 17.4 Å². The van der Waals surface area contributed by atoms with E-state index in [1.54, 1.807) is 0 Å². The third-order valence-corrected chi connectivity index (χ3v) is 4.83. The highest BCUT2D eigenvalue weighted by molar-refractivity contribution is 7.85. The van der Waals surface area contributed by atoms with E-state index in [1.807, 2.05) is 0 Å². The van der Waals surface area contributed by atoms with Crippen LogP contribution in [0.2, 0.25) is 0 Å². The van der Waals surface area contributed by atoms with Gasteiger partial charge in [-0.15, -0.1) is 0 Å². The molecule has 0 aromatic rings. The summed E-state index contributed by atoms with van der Waals surface area (Å²) in [5.74, 6) is 1.56. The molecule has 1 saturated heterocycles. The molecule has 0 atom stereocenters. The average Bonchev–Trinajstić information content (AvgIpc) is 3.02. The van der Waals surface area contributed by atoms with Crippen LogP contribution in [0.1, 0.15) is 25.7 Å². The van der Waals surface area contributed by atoms with Crippen molar-refractivity contribution in [1.29, 1.82) is 0 Å². The minimum Gasteiger partial charge on any atom is -0.353 e. The summed E-state index contributed by atoms with van der Waals surface area (Å²) in [4.78, 5) is 11.8. The minimum absolute atomic E-state index is 0.114. The number of carbonyl (C=O) groups excluding carboxylic acids is 1. The number of rotatable bonds is 3. The zero-order valence-corrected chi connectivity index (χ0v) is 9.65. The first kappa shape index (κ1) is 11.1. The first-order valence-electron chi connectivity index (χ1n) is 5.52. The Kier molecular flexibility index (Phi) is 3.11. The topological polar surface area (TPSA) is 72.2 Å². The number of nitrogens with two attached hydrogens (primary N) is 1. The SMILES string of the molecule is NCC1(C(=O)NC2CCS(=O)CC2)CC1. The van der Waals surface area contributed by atoms with Gasteiger partial charge in [0.25, 0.3) is 0 Å². The maximum Gasteiger partial charge on any atom is 0.227 e. The van der Waals surface area contributed by atoms with Gasteiger partial charge in [0, 0.05) is 34.9 Å². The van der Waals surface area contributed by atoms with Crippen molar-refractivity contribution in [3.8, 4) is 0 Å². The first-order chi connectivity index (χ1) is 7.16. The van der Waals surface area contributed by atoms with E-state index in [4.69, 9.17) is 5.73 Å². The fraction of sp³-hybridized carbons (Fsp3) is 0.900. The third kappa shape index (κ3) is 2.39. The molecule has 15 heavy (non-hydrogen) atoms. The second-order valence-corrected chi connectivity index (χ2v) is 6.28. The van der Waals surface area contributed by atoms with E-state index in [0.29, 0.717) is 6.54 Å². The second kappa shape index (κ2) is 4.22. The number of hydrogen-bond donors (Lipinski definition) is 2. The van der Waals surface area contributed by atoms with Crippen LogP contribution in [-0.2, 0) is 15.6 Å². The molecule has 0 bridgehead atoms. The lowest BCUT2D eigenvalue weighted by Gasteiger charge is -2.24. The molecule has 1 heterocycles. The van der Waals surface area contributed by atoms with E-state index in [2.05, 4.69) is 5.32 Å². The van der Waals surface area contributed by atoms with Crippen LogP contribution in [0.25, 0.3) is 0 Å². The predicted octanol–water partition coefficient (Wildman–Crippen LogP) is -0.247. The molecule has 3 N–H and O–H groups in total. The lowest BCUT2D eigenvalue weighted by atomic mass is 10.0. The van der Waals surface area contributed by atoms with Gasteiger partial charge in [0.1, 0.15) is 0 Å². The van der Waals surface area contributed by atoms with Gasteiger partial charge in [-0.1, -0.05) is 0 Å². The molecule has 1 aliphatic heterocycles. The summed E-state index contributed by atoms with van der Waals surface area (Å²) in [6.45, 7) is 0.456. The van der Waals surface area contributed by atoms with Crippen molar-refractivity contribution in [2.75, 3.05) is 18.1 Å². The molecule has 1 amide bonds. The van der Waals surface area contributed by atoms with Gasteiger partial charge in [0.05, 0.1) is 5.41 Å². The lowest BCUT2D eigenvalue weighted by molar-refractivity contribution is -0.126. The summed E-state index contributed by atoms with van der Waals surface area (Å²) in [7, 11) is -0.659.